The highest BCUT2D eigenvalue weighted by molar-refractivity contribution is 5.98. The first-order valence-electron chi connectivity index (χ1n) is 6.70. The molecule has 0 aliphatic carbocycles. The summed E-state index contributed by atoms with van der Waals surface area (Å²) in [6.07, 6.45) is -4.05. The molecule has 3 N–H and O–H groups in total. The summed E-state index contributed by atoms with van der Waals surface area (Å²) in [7, 11) is 0. The molecule has 1 amide bonds. The number of hydrogen-bond donors (Lipinski definition) is 3. The van der Waals surface area contributed by atoms with E-state index in [0.29, 0.717) is 17.7 Å². The minimum atomic E-state index is -1.34. The van der Waals surface area contributed by atoms with Crippen LogP contribution in [0.4, 0.5) is 5.69 Å². The van der Waals surface area contributed by atoms with Gasteiger partial charge in [-0.1, -0.05) is 18.2 Å². The van der Waals surface area contributed by atoms with Gasteiger partial charge in [-0.15, -0.1) is 0 Å². The Bertz CT molecular complexity index is 591. The minimum absolute atomic E-state index is 0.140. The Morgan fingerprint density at radius 1 is 1.20 bits per heavy atom. The topological polar surface area (TPSA) is 90.2 Å². The Kier molecular flexibility index (Phi) is 2.33. The van der Waals surface area contributed by atoms with Crippen molar-refractivity contribution in [2.24, 2.45) is 0 Å². The number of amides is 1. The number of para-hydroxylation sites is 1. The van der Waals surface area contributed by atoms with E-state index in [1.165, 1.54) is 4.90 Å². The van der Waals surface area contributed by atoms with Gasteiger partial charge in [0.2, 0.25) is 5.91 Å². The van der Waals surface area contributed by atoms with Crippen molar-refractivity contribution >= 4 is 11.6 Å². The second-order valence-corrected chi connectivity index (χ2v) is 5.60. The van der Waals surface area contributed by atoms with Crippen LogP contribution >= 0.6 is 0 Å². The Balaban J connectivity index is 1.97. The third-order valence-corrected chi connectivity index (χ3v) is 4.59. The van der Waals surface area contributed by atoms with Gasteiger partial charge in [0.15, 0.2) is 5.72 Å². The SMILES string of the molecule is O=C1CCC23OC(c4ccccc4N12)C(O)C(O)C3O. The standard InChI is InChI=1S/C14H15NO5/c16-9-5-6-14-13(19)11(18)10(17)12(20-14)7-3-1-2-4-8(7)15(9)14/h1-4,10-13,17-19H,5-6H2. The number of aliphatic hydroxyl groups is 3. The molecule has 1 aromatic carbocycles. The molecule has 20 heavy (non-hydrogen) atoms. The second-order valence-electron chi connectivity index (χ2n) is 5.60. The molecule has 1 aromatic rings. The van der Waals surface area contributed by atoms with Crippen LogP contribution in [0.3, 0.4) is 0 Å². The molecule has 5 unspecified atom stereocenters. The van der Waals surface area contributed by atoms with Crippen molar-refractivity contribution in [1.29, 1.82) is 0 Å². The number of rotatable bonds is 0. The number of fused-ring (bicyclic) bond motifs is 4. The summed E-state index contributed by atoms with van der Waals surface area (Å²) in [5, 5.41) is 30.6. The zero-order valence-corrected chi connectivity index (χ0v) is 10.6. The zero-order valence-electron chi connectivity index (χ0n) is 10.6. The Morgan fingerprint density at radius 2 is 1.95 bits per heavy atom. The van der Waals surface area contributed by atoms with E-state index >= 15 is 0 Å². The van der Waals surface area contributed by atoms with E-state index in [1.807, 2.05) is 0 Å². The third kappa shape index (κ3) is 1.25. The van der Waals surface area contributed by atoms with Crippen molar-refractivity contribution in [1.82, 2.24) is 0 Å². The number of ether oxygens (including phenoxy) is 1. The van der Waals surface area contributed by atoms with Gasteiger partial charge in [-0.3, -0.25) is 9.69 Å². The lowest BCUT2D eigenvalue weighted by molar-refractivity contribution is -0.271. The van der Waals surface area contributed by atoms with Gasteiger partial charge in [0.1, 0.15) is 24.4 Å². The molecular formula is C14H15NO5. The van der Waals surface area contributed by atoms with Gasteiger partial charge >= 0.3 is 0 Å². The fourth-order valence-corrected chi connectivity index (χ4v) is 3.62. The van der Waals surface area contributed by atoms with Crippen molar-refractivity contribution in [2.75, 3.05) is 4.90 Å². The summed E-state index contributed by atoms with van der Waals surface area (Å²) in [6.45, 7) is 0. The average molecular weight is 277 g/mol. The zero-order chi connectivity index (χ0) is 14.1. The lowest BCUT2D eigenvalue weighted by Gasteiger charge is -2.54. The first-order chi connectivity index (χ1) is 9.56. The highest BCUT2D eigenvalue weighted by atomic mass is 16.6. The molecule has 6 nitrogen and oxygen atoms in total. The van der Waals surface area contributed by atoms with Crippen LogP contribution in [-0.2, 0) is 9.53 Å². The van der Waals surface area contributed by atoms with Crippen molar-refractivity contribution < 1.29 is 24.9 Å². The molecule has 3 aliphatic heterocycles. The molecule has 4 rings (SSSR count). The molecule has 2 fully saturated rings. The first kappa shape index (κ1) is 12.3. The van der Waals surface area contributed by atoms with Gasteiger partial charge in [-0.2, -0.15) is 0 Å². The van der Waals surface area contributed by atoms with Crippen LogP contribution < -0.4 is 4.90 Å². The maximum absolute atomic E-state index is 12.2. The van der Waals surface area contributed by atoms with E-state index in [1.54, 1.807) is 24.3 Å². The highest BCUT2D eigenvalue weighted by Gasteiger charge is 2.64. The molecule has 5 atom stereocenters. The van der Waals surface area contributed by atoms with E-state index in [9.17, 15) is 20.1 Å². The third-order valence-electron chi connectivity index (χ3n) is 4.59. The van der Waals surface area contributed by atoms with Crippen molar-refractivity contribution in [3.63, 3.8) is 0 Å². The van der Waals surface area contributed by atoms with Gasteiger partial charge in [0.25, 0.3) is 0 Å². The predicted octanol–water partition coefficient (Wildman–Crippen LogP) is -0.323. The lowest BCUT2D eigenvalue weighted by atomic mass is 9.83. The van der Waals surface area contributed by atoms with Crippen molar-refractivity contribution in [2.45, 2.75) is 43.0 Å². The molecule has 106 valence electrons. The summed E-state index contributed by atoms with van der Waals surface area (Å²) in [4.78, 5) is 13.6. The van der Waals surface area contributed by atoms with Gasteiger partial charge < -0.3 is 20.1 Å². The largest absolute Gasteiger partial charge is 0.387 e. The van der Waals surface area contributed by atoms with E-state index < -0.39 is 30.1 Å². The Hall–Kier alpha value is -1.47. The van der Waals surface area contributed by atoms with E-state index in [0.717, 1.165) is 0 Å². The molecule has 1 spiro atoms. The molecule has 3 aliphatic rings. The molecule has 3 heterocycles. The molecule has 0 aromatic heterocycles. The molecule has 6 heteroatoms. The fourth-order valence-electron chi connectivity index (χ4n) is 3.62. The summed E-state index contributed by atoms with van der Waals surface area (Å²) in [6, 6.07) is 7.14. The maximum Gasteiger partial charge on any atom is 0.229 e. The summed E-state index contributed by atoms with van der Waals surface area (Å²) < 4.78 is 5.87. The smallest absolute Gasteiger partial charge is 0.229 e. The highest BCUT2D eigenvalue weighted by Crippen LogP contribution is 2.53. The van der Waals surface area contributed by atoms with Crippen LogP contribution in [-0.4, -0.2) is 45.3 Å². The quantitative estimate of drug-likeness (QED) is 0.604. The number of carbonyl (C=O) groups is 1. The van der Waals surface area contributed by atoms with E-state index in [4.69, 9.17) is 4.74 Å². The molecule has 2 saturated heterocycles. The van der Waals surface area contributed by atoms with Crippen LogP contribution in [0.2, 0.25) is 0 Å². The Labute approximate surface area is 115 Å². The van der Waals surface area contributed by atoms with Crippen LogP contribution in [0, 0.1) is 0 Å². The first-order valence-corrected chi connectivity index (χ1v) is 6.70. The van der Waals surface area contributed by atoms with Crippen molar-refractivity contribution in [3.05, 3.63) is 29.8 Å². The van der Waals surface area contributed by atoms with Crippen LogP contribution in [0.15, 0.2) is 24.3 Å². The number of hydrogen-bond acceptors (Lipinski definition) is 5. The predicted molar refractivity (Wildman–Crippen MR) is 67.7 cm³/mol. The summed E-state index contributed by atoms with van der Waals surface area (Å²) in [5.74, 6) is -0.140. The number of nitrogens with zero attached hydrogens (tertiary/aromatic N) is 1. The monoisotopic (exact) mass is 277 g/mol. The van der Waals surface area contributed by atoms with Gasteiger partial charge in [-0.05, 0) is 6.07 Å². The number of benzene rings is 1. The molecule has 0 radical (unpaired) electrons. The summed E-state index contributed by atoms with van der Waals surface area (Å²) in [5.41, 5.74) is 0.0578. The van der Waals surface area contributed by atoms with Gasteiger partial charge in [0.05, 0.1) is 5.69 Å². The van der Waals surface area contributed by atoms with Crippen LogP contribution in [0.25, 0.3) is 0 Å². The average Bonchev–Trinajstić information content (AvgIpc) is 2.81. The second kappa shape index (κ2) is 3.79. The normalized spacial score (nSPS) is 42.4. The minimum Gasteiger partial charge on any atom is -0.387 e. The lowest BCUT2D eigenvalue weighted by Crippen LogP contribution is -2.69. The number of aliphatic hydroxyl groups excluding tert-OH is 3. The van der Waals surface area contributed by atoms with E-state index in [-0.39, 0.29) is 12.3 Å². The molecule has 2 bridgehead atoms. The maximum atomic E-state index is 12.2. The van der Waals surface area contributed by atoms with Gasteiger partial charge in [0, 0.05) is 18.4 Å². The van der Waals surface area contributed by atoms with E-state index in [2.05, 4.69) is 0 Å². The number of carbonyl (C=O) groups excluding carboxylic acids is 1. The van der Waals surface area contributed by atoms with Crippen molar-refractivity contribution in [3.8, 4) is 0 Å². The van der Waals surface area contributed by atoms with Gasteiger partial charge in [-0.25, -0.2) is 0 Å². The summed E-state index contributed by atoms with van der Waals surface area (Å²) >= 11 is 0. The molecular weight excluding hydrogens is 262 g/mol. The van der Waals surface area contributed by atoms with Crippen LogP contribution in [0.5, 0.6) is 0 Å². The number of anilines is 1. The molecule has 0 saturated carbocycles. The Morgan fingerprint density at radius 3 is 2.75 bits per heavy atom. The van der Waals surface area contributed by atoms with Crippen LogP contribution in [0.1, 0.15) is 24.5 Å². The fraction of sp³-hybridized carbons (Fsp3) is 0.500.